The number of hydrogen-bond donors (Lipinski definition) is 1. The molecule has 14 heavy (non-hydrogen) atoms. The van der Waals surface area contributed by atoms with E-state index in [0.29, 0.717) is 0 Å². The molecule has 4 heteroatoms. The maximum atomic E-state index is 8.81. The van der Waals surface area contributed by atoms with Gasteiger partial charge < -0.3 is 15.0 Å². The molecule has 0 bridgehead atoms. The second kappa shape index (κ2) is 8.95. The van der Waals surface area contributed by atoms with Crippen LogP contribution in [0.1, 0.15) is 13.8 Å². The predicted molar refractivity (Wildman–Crippen MR) is 57.1 cm³/mol. The van der Waals surface area contributed by atoms with Gasteiger partial charge in [0.05, 0.1) is 12.7 Å². The summed E-state index contributed by atoms with van der Waals surface area (Å²) in [5.41, 5.74) is 0. The Morgan fingerprint density at radius 1 is 1.50 bits per heavy atom. The molecule has 0 aliphatic carbocycles. The van der Waals surface area contributed by atoms with E-state index < -0.39 is 0 Å². The van der Waals surface area contributed by atoms with E-state index >= 15 is 0 Å². The minimum absolute atomic E-state index is 0.0772. The maximum Gasteiger partial charge on any atom is 0.108 e. The van der Waals surface area contributed by atoms with Crippen LogP contribution in [0.2, 0.25) is 0 Å². The number of nitrogens with zero attached hydrogens (tertiary/aromatic N) is 2. The van der Waals surface area contributed by atoms with E-state index in [4.69, 9.17) is 10.00 Å². The average Bonchev–Trinajstić information content (AvgIpc) is 2.17. The van der Waals surface area contributed by atoms with Crippen LogP contribution in [0.5, 0.6) is 0 Å². The van der Waals surface area contributed by atoms with Gasteiger partial charge in [-0.15, -0.1) is 0 Å². The van der Waals surface area contributed by atoms with Crippen molar-refractivity contribution in [1.29, 1.82) is 5.26 Å². The number of nitrogens with one attached hydrogen (secondary N) is 1. The summed E-state index contributed by atoms with van der Waals surface area (Å²) in [6.07, 6.45) is 0. The topological polar surface area (TPSA) is 48.3 Å². The lowest BCUT2D eigenvalue weighted by Gasteiger charge is -2.19. The summed E-state index contributed by atoms with van der Waals surface area (Å²) < 4.78 is 5.23. The van der Waals surface area contributed by atoms with Crippen molar-refractivity contribution >= 4 is 0 Å². The molecule has 0 aromatic heterocycles. The summed E-state index contributed by atoms with van der Waals surface area (Å²) in [4.78, 5) is 2.10. The second-order valence-corrected chi connectivity index (χ2v) is 3.20. The van der Waals surface area contributed by atoms with Gasteiger partial charge in [-0.25, -0.2) is 0 Å². The maximum absolute atomic E-state index is 8.81. The molecule has 0 spiro atoms. The molecule has 0 aliphatic rings. The predicted octanol–water partition coefficient (Wildman–Crippen LogP) is 0.456. The van der Waals surface area contributed by atoms with Crippen molar-refractivity contribution in [2.24, 2.45) is 0 Å². The molecule has 0 rings (SSSR count). The van der Waals surface area contributed by atoms with Gasteiger partial charge in [-0.2, -0.15) is 5.26 Å². The molecule has 0 heterocycles. The zero-order valence-corrected chi connectivity index (χ0v) is 9.42. The zero-order valence-electron chi connectivity index (χ0n) is 9.42. The van der Waals surface area contributed by atoms with Crippen molar-refractivity contribution < 1.29 is 4.74 Å². The first-order valence-electron chi connectivity index (χ1n) is 5.13. The third-order valence-corrected chi connectivity index (χ3v) is 1.92. The molecule has 0 saturated heterocycles. The van der Waals surface area contributed by atoms with Gasteiger partial charge in [0.1, 0.15) is 6.04 Å². The fourth-order valence-electron chi connectivity index (χ4n) is 1.17. The van der Waals surface area contributed by atoms with Crippen LogP contribution in [0.25, 0.3) is 0 Å². The smallest absolute Gasteiger partial charge is 0.108 e. The molecule has 1 atom stereocenters. The van der Waals surface area contributed by atoms with E-state index in [1.165, 1.54) is 0 Å². The van der Waals surface area contributed by atoms with E-state index in [-0.39, 0.29) is 6.04 Å². The Labute approximate surface area is 86.8 Å². The Morgan fingerprint density at radius 2 is 2.21 bits per heavy atom. The van der Waals surface area contributed by atoms with E-state index in [1.807, 2.05) is 20.9 Å². The molecule has 0 aromatic rings. The van der Waals surface area contributed by atoms with Crippen LogP contribution in [0, 0.1) is 11.3 Å². The van der Waals surface area contributed by atoms with Gasteiger partial charge in [-0.05, 0) is 20.5 Å². The third-order valence-electron chi connectivity index (χ3n) is 1.92. The minimum Gasteiger partial charge on any atom is -0.380 e. The van der Waals surface area contributed by atoms with Gasteiger partial charge in [-0.3, -0.25) is 0 Å². The molecule has 0 aliphatic heterocycles. The SMILES string of the molecule is CCNC(C#N)CN(C)CCOCC. The lowest BCUT2D eigenvalue weighted by atomic mass is 10.3. The molecule has 0 amide bonds. The highest BCUT2D eigenvalue weighted by molar-refractivity contribution is 4.91. The highest BCUT2D eigenvalue weighted by Gasteiger charge is 2.08. The Balaban J connectivity index is 3.57. The van der Waals surface area contributed by atoms with Gasteiger partial charge in [0.25, 0.3) is 0 Å². The number of nitriles is 1. The zero-order chi connectivity index (χ0) is 10.8. The van der Waals surface area contributed by atoms with Gasteiger partial charge in [0.15, 0.2) is 0 Å². The molecule has 1 N–H and O–H groups in total. The van der Waals surface area contributed by atoms with Gasteiger partial charge in [-0.1, -0.05) is 6.92 Å². The summed E-state index contributed by atoms with van der Waals surface area (Å²) in [6.45, 7) is 7.92. The average molecular weight is 199 g/mol. The van der Waals surface area contributed by atoms with Crippen molar-refractivity contribution in [3.63, 3.8) is 0 Å². The highest BCUT2D eigenvalue weighted by Crippen LogP contribution is 1.88. The first kappa shape index (κ1) is 13.4. The quantitative estimate of drug-likeness (QED) is 0.577. The van der Waals surface area contributed by atoms with Crippen molar-refractivity contribution in [3.8, 4) is 6.07 Å². The molecular weight excluding hydrogens is 178 g/mol. The molecule has 82 valence electrons. The van der Waals surface area contributed by atoms with Crippen LogP contribution in [-0.4, -0.2) is 50.8 Å². The second-order valence-electron chi connectivity index (χ2n) is 3.20. The summed E-state index contributed by atoms with van der Waals surface area (Å²) in [5, 5.41) is 11.9. The van der Waals surface area contributed by atoms with Crippen molar-refractivity contribution in [1.82, 2.24) is 10.2 Å². The molecule has 0 fully saturated rings. The largest absolute Gasteiger partial charge is 0.380 e. The summed E-state index contributed by atoms with van der Waals surface area (Å²) in [6, 6.07) is 2.15. The minimum atomic E-state index is -0.0772. The molecule has 0 saturated carbocycles. The van der Waals surface area contributed by atoms with E-state index in [9.17, 15) is 0 Å². The number of likely N-dealkylation sites (N-methyl/N-ethyl adjacent to an activating group) is 2. The highest BCUT2D eigenvalue weighted by atomic mass is 16.5. The Hall–Kier alpha value is -0.630. The summed E-state index contributed by atoms with van der Waals surface area (Å²) in [7, 11) is 2.00. The monoisotopic (exact) mass is 199 g/mol. The van der Waals surface area contributed by atoms with Gasteiger partial charge >= 0.3 is 0 Å². The fourth-order valence-corrected chi connectivity index (χ4v) is 1.17. The molecule has 0 radical (unpaired) electrons. The fraction of sp³-hybridized carbons (Fsp3) is 0.900. The van der Waals surface area contributed by atoms with Crippen molar-refractivity contribution in [2.45, 2.75) is 19.9 Å². The van der Waals surface area contributed by atoms with Crippen LogP contribution < -0.4 is 5.32 Å². The van der Waals surface area contributed by atoms with Crippen LogP contribution >= 0.6 is 0 Å². The molecule has 1 unspecified atom stereocenters. The number of ether oxygens (including phenoxy) is 1. The first-order valence-corrected chi connectivity index (χ1v) is 5.13. The van der Waals surface area contributed by atoms with Crippen molar-refractivity contribution in [2.75, 3.05) is 39.9 Å². The number of rotatable bonds is 8. The third kappa shape index (κ3) is 6.84. The lowest BCUT2D eigenvalue weighted by molar-refractivity contribution is 0.121. The van der Waals surface area contributed by atoms with Crippen LogP contribution in [0.4, 0.5) is 0 Å². The molecule has 0 aromatic carbocycles. The van der Waals surface area contributed by atoms with Crippen LogP contribution in [0.15, 0.2) is 0 Å². The molecular formula is C10H21N3O. The Bertz CT molecular complexity index is 167. The van der Waals surface area contributed by atoms with Crippen molar-refractivity contribution in [3.05, 3.63) is 0 Å². The van der Waals surface area contributed by atoms with Gasteiger partial charge in [0, 0.05) is 19.7 Å². The normalized spacial score (nSPS) is 12.8. The Morgan fingerprint density at radius 3 is 2.71 bits per heavy atom. The summed E-state index contributed by atoms with van der Waals surface area (Å²) >= 11 is 0. The van der Waals surface area contributed by atoms with Crippen LogP contribution in [-0.2, 0) is 4.74 Å². The van der Waals surface area contributed by atoms with E-state index in [0.717, 1.165) is 32.8 Å². The lowest BCUT2D eigenvalue weighted by Crippen LogP contribution is -2.39. The van der Waals surface area contributed by atoms with Gasteiger partial charge in [0.2, 0.25) is 0 Å². The number of hydrogen-bond acceptors (Lipinski definition) is 4. The standard InChI is InChI=1S/C10H21N3O/c1-4-12-10(8-11)9-13(3)6-7-14-5-2/h10,12H,4-7,9H2,1-3H3. The van der Waals surface area contributed by atoms with E-state index in [1.54, 1.807) is 0 Å². The van der Waals surface area contributed by atoms with Crippen LogP contribution in [0.3, 0.4) is 0 Å². The van der Waals surface area contributed by atoms with E-state index in [2.05, 4.69) is 16.3 Å². The Kier molecular flexibility index (Phi) is 8.54. The first-order chi connectivity index (χ1) is 6.74. The summed E-state index contributed by atoms with van der Waals surface area (Å²) in [5.74, 6) is 0. The molecule has 4 nitrogen and oxygen atoms in total.